The van der Waals surface area contributed by atoms with Gasteiger partial charge in [-0.25, -0.2) is 8.78 Å². The average molecular weight is 319 g/mol. The first-order valence-corrected chi connectivity index (χ1v) is 8.24. The lowest BCUT2D eigenvalue weighted by Crippen LogP contribution is -2.79. The van der Waals surface area contributed by atoms with E-state index in [4.69, 9.17) is 0 Å². The van der Waals surface area contributed by atoms with E-state index in [0.29, 0.717) is 0 Å². The fraction of sp³-hybridized carbons (Fsp3) is 0.235. The molecule has 0 saturated heterocycles. The Morgan fingerprint density at radius 1 is 1.05 bits per heavy atom. The highest BCUT2D eigenvalue weighted by molar-refractivity contribution is 7.98. The quantitative estimate of drug-likeness (QED) is 0.844. The lowest BCUT2D eigenvalue weighted by molar-refractivity contribution is -0.463. The molecule has 0 unspecified atom stereocenters. The Kier molecular flexibility index (Phi) is 4.73. The van der Waals surface area contributed by atoms with Crippen molar-refractivity contribution in [1.29, 1.82) is 0 Å². The van der Waals surface area contributed by atoms with Crippen molar-refractivity contribution in [3.8, 4) is 0 Å². The van der Waals surface area contributed by atoms with Crippen molar-refractivity contribution in [3.05, 3.63) is 65.2 Å². The summed E-state index contributed by atoms with van der Waals surface area (Å²) in [4.78, 5) is 4.34. The predicted octanol–water partition coefficient (Wildman–Crippen LogP) is 2.08. The van der Waals surface area contributed by atoms with Crippen LogP contribution in [0.4, 0.5) is 8.78 Å². The van der Waals surface area contributed by atoms with E-state index in [0.717, 1.165) is 35.8 Å². The molecule has 0 aliphatic carbocycles. The summed E-state index contributed by atoms with van der Waals surface area (Å²) in [7, 11) is 0. The molecule has 2 aromatic rings. The molecule has 3 rings (SSSR count). The Labute approximate surface area is 132 Å². The van der Waals surface area contributed by atoms with Gasteiger partial charge in [0, 0.05) is 22.6 Å². The third-order valence-electron chi connectivity index (χ3n) is 3.55. The van der Waals surface area contributed by atoms with Crippen molar-refractivity contribution in [2.75, 3.05) is 13.1 Å². The molecule has 0 amide bonds. The number of benzene rings is 2. The second-order valence-corrected chi connectivity index (χ2v) is 6.08. The molecule has 2 aromatic carbocycles. The fourth-order valence-electron chi connectivity index (χ4n) is 2.39. The van der Waals surface area contributed by atoms with Crippen molar-refractivity contribution in [2.45, 2.75) is 17.1 Å². The normalized spacial score (nSPS) is 14.4. The van der Waals surface area contributed by atoms with Gasteiger partial charge in [-0.15, -0.1) is 11.8 Å². The average Bonchev–Trinajstić information content (AvgIpc) is 2.56. The van der Waals surface area contributed by atoms with Crippen molar-refractivity contribution in [1.82, 2.24) is 5.32 Å². The number of halogens is 2. The molecule has 114 valence electrons. The zero-order valence-electron chi connectivity index (χ0n) is 12.0. The Morgan fingerprint density at radius 2 is 1.82 bits per heavy atom. The van der Waals surface area contributed by atoms with Gasteiger partial charge in [-0.1, -0.05) is 18.2 Å². The number of hydrogen-bond acceptors (Lipinski definition) is 2. The molecule has 0 radical (unpaired) electrons. The zero-order valence-corrected chi connectivity index (χ0v) is 12.9. The number of amidine groups is 1. The summed E-state index contributed by atoms with van der Waals surface area (Å²) in [6.07, 6.45) is 1.08. The van der Waals surface area contributed by atoms with Crippen LogP contribution in [0.25, 0.3) is 0 Å². The summed E-state index contributed by atoms with van der Waals surface area (Å²) >= 11 is 1.44. The molecular weight excluding hydrogens is 302 g/mol. The zero-order chi connectivity index (χ0) is 15.4. The molecule has 0 aromatic heterocycles. The molecule has 0 spiro atoms. The first kappa shape index (κ1) is 15.0. The SMILES string of the molecule is Fc1cccc(F)c1CSc1ccccc1C1=[NH+]CCCN1. The van der Waals surface area contributed by atoms with Crippen LogP contribution in [0.5, 0.6) is 0 Å². The third-order valence-corrected chi connectivity index (χ3v) is 4.65. The highest BCUT2D eigenvalue weighted by Gasteiger charge is 2.18. The third kappa shape index (κ3) is 3.30. The largest absolute Gasteiger partial charge is 0.276 e. The van der Waals surface area contributed by atoms with Crippen LogP contribution >= 0.6 is 11.8 Å². The first-order chi connectivity index (χ1) is 10.8. The number of hydrogen-bond donors (Lipinski definition) is 2. The summed E-state index contributed by atoms with van der Waals surface area (Å²) < 4.78 is 27.5. The molecular formula is C17H17F2N2S+. The first-order valence-electron chi connectivity index (χ1n) is 7.25. The van der Waals surface area contributed by atoms with Gasteiger partial charge in [-0.05, 0) is 24.3 Å². The van der Waals surface area contributed by atoms with Crippen LogP contribution < -0.4 is 10.3 Å². The lowest BCUT2D eigenvalue weighted by Gasteiger charge is -2.12. The van der Waals surface area contributed by atoms with E-state index in [2.05, 4.69) is 10.3 Å². The molecule has 0 fully saturated rings. The summed E-state index contributed by atoms with van der Waals surface area (Å²) in [5.41, 5.74) is 1.17. The van der Waals surface area contributed by atoms with Crippen molar-refractivity contribution in [2.24, 2.45) is 0 Å². The van der Waals surface area contributed by atoms with Crippen molar-refractivity contribution in [3.63, 3.8) is 0 Å². The molecule has 2 nitrogen and oxygen atoms in total. The molecule has 2 N–H and O–H groups in total. The second kappa shape index (κ2) is 6.92. The second-order valence-electron chi connectivity index (χ2n) is 5.07. The summed E-state index contributed by atoms with van der Waals surface area (Å²) in [6.45, 7) is 1.87. The number of rotatable bonds is 4. The van der Waals surface area contributed by atoms with E-state index in [-0.39, 0.29) is 11.3 Å². The fourth-order valence-corrected chi connectivity index (χ4v) is 3.46. The van der Waals surface area contributed by atoms with Crippen molar-refractivity contribution < 1.29 is 13.8 Å². The topological polar surface area (TPSA) is 26.0 Å². The summed E-state index contributed by atoms with van der Waals surface area (Å²) in [5.74, 6) is 0.268. The maximum Gasteiger partial charge on any atom is 0.276 e. The van der Waals surface area contributed by atoms with Crippen LogP contribution in [-0.2, 0) is 5.75 Å². The molecule has 0 saturated carbocycles. The molecule has 0 atom stereocenters. The minimum absolute atomic E-state index is 0.122. The Bertz CT molecular complexity index is 681. The maximum atomic E-state index is 13.7. The van der Waals surface area contributed by atoms with Crippen molar-refractivity contribution >= 4 is 17.6 Å². The minimum Gasteiger partial charge on any atom is -0.274 e. The van der Waals surface area contributed by atoms with Crippen LogP contribution in [-0.4, -0.2) is 18.9 Å². The van der Waals surface area contributed by atoms with Gasteiger partial charge in [0.05, 0.1) is 18.7 Å². The lowest BCUT2D eigenvalue weighted by atomic mass is 10.2. The monoisotopic (exact) mass is 319 g/mol. The van der Waals surface area contributed by atoms with Crippen LogP contribution in [0.15, 0.2) is 47.4 Å². The number of nitrogens with one attached hydrogen (secondary N) is 2. The molecule has 5 heteroatoms. The molecule has 1 aliphatic heterocycles. The Balaban J connectivity index is 1.83. The number of thioether (sulfide) groups is 1. The van der Waals surface area contributed by atoms with Crippen LogP contribution in [0, 0.1) is 11.6 Å². The predicted molar refractivity (Wildman–Crippen MR) is 84.9 cm³/mol. The molecule has 1 aliphatic rings. The smallest absolute Gasteiger partial charge is 0.274 e. The summed E-state index contributed by atoms with van der Waals surface area (Å²) in [6, 6.07) is 11.9. The van der Waals surface area contributed by atoms with E-state index in [9.17, 15) is 8.78 Å². The van der Waals surface area contributed by atoms with Crippen LogP contribution in [0.1, 0.15) is 17.5 Å². The van der Waals surface area contributed by atoms with Gasteiger partial charge in [0.2, 0.25) is 0 Å². The van der Waals surface area contributed by atoms with E-state index >= 15 is 0 Å². The van der Waals surface area contributed by atoms with Gasteiger partial charge in [-0.2, -0.15) is 0 Å². The van der Waals surface area contributed by atoms with Crippen LogP contribution in [0.2, 0.25) is 0 Å². The standard InChI is InChI=1S/C17H16F2N2S/c18-14-6-3-7-15(19)13(14)11-22-16-8-2-1-5-12(16)17-20-9-4-10-21-17/h1-3,5-8H,4,9-11H2,(H,20,21)/p+1. The molecule has 22 heavy (non-hydrogen) atoms. The minimum atomic E-state index is -0.494. The highest BCUT2D eigenvalue weighted by atomic mass is 32.2. The van der Waals surface area contributed by atoms with Gasteiger partial charge in [0.1, 0.15) is 11.6 Å². The van der Waals surface area contributed by atoms with Gasteiger partial charge in [0.25, 0.3) is 5.84 Å². The Hall–Kier alpha value is -1.88. The van der Waals surface area contributed by atoms with Crippen LogP contribution in [0.3, 0.4) is 0 Å². The van der Waals surface area contributed by atoms with Gasteiger partial charge < -0.3 is 0 Å². The maximum absolute atomic E-state index is 13.7. The highest BCUT2D eigenvalue weighted by Crippen LogP contribution is 2.28. The molecule has 0 bridgehead atoms. The summed E-state index contributed by atoms with van der Waals surface area (Å²) in [5, 5.41) is 3.34. The van der Waals surface area contributed by atoms with E-state index < -0.39 is 11.6 Å². The van der Waals surface area contributed by atoms with E-state index in [1.807, 2.05) is 24.3 Å². The molecule has 1 heterocycles. The van der Waals surface area contributed by atoms with E-state index in [1.54, 1.807) is 0 Å². The van der Waals surface area contributed by atoms with E-state index in [1.165, 1.54) is 30.0 Å². The Morgan fingerprint density at radius 3 is 2.55 bits per heavy atom. The van der Waals surface area contributed by atoms with Gasteiger partial charge in [-0.3, -0.25) is 10.3 Å². The van der Waals surface area contributed by atoms with Gasteiger partial charge in [0.15, 0.2) is 0 Å². The van der Waals surface area contributed by atoms with Gasteiger partial charge >= 0.3 is 0 Å².